The highest BCUT2D eigenvalue weighted by molar-refractivity contribution is 7.91. The number of hydrogen-bond acceptors (Lipinski definition) is 3. The van der Waals surface area contributed by atoms with Crippen LogP contribution >= 0.6 is 23.2 Å². The molecule has 0 spiro atoms. The molecule has 94 valence electrons. The third-order valence-corrected chi connectivity index (χ3v) is 5.47. The van der Waals surface area contributed by atoms with E-state index in [4.69, 9.17) is 23.2 Å². The first kappa shape index (κ1) is 13.1. The van der Waals surface area contributed by atoms with Crippen LogP contribution in [0, 0.1) is 0 Å². The normalized spacial score (nSPS) is 22.2. The van der Waals surface area contributed by atoms with Crippen LogP contribution in [-0.2, 0) is 9.84 Å². The number of halogens is 2. The standard InChI is InChI=1S/C11H13Cl2NO2S/c1-2-14-9-5-6-17(15,16)11-8(13)4-3-7(12)10(9)11/h3-4,9,14H,2,5-6H2,1H3. The van der Waals surface area contributed by atoms with Gasteiger partial charge in [-0.2, -0.15) is 0 Å². The molecule has 0 amide bonds. The minimum atomic E-state index is -3.30. The van der Waals surface area contributed by atoms with Gasteiger partial charge in [-0.05, 0) is 25.1 Å². The zero-order valence-electron chi connectivity index (χ0n) is 9.33. The van der Waals surface area contributed by atoms with Gasteiger partial charge in [0.15, 0.2) is 9.84 Å². The lowest BCUT2D eigenvalue weighted by atomic mass is 10.0. The average molecular weight is 294 g/mol. The number of rotatable bonds is 2. The van der Waals surface area contributed by atoms with Crippen LogP contribution < -0.4 is 5.32 Å². The third-order valence-electron chi connectivity index (χ3n) is 2.88. The van der Waals surface area contributed by atoms with Gasteiger partial charge < -0.3 is 5.32 Å². The van der Waals surface area contributed by atoms with E-state index in [1.807, 2.05) is 6.92 Å². The highest BCUT2D eigenvalue weighted by atomic mass is 35.5. The molecule has 6 heteroatoms. The summed E-state index contributed by atoms with van der Waals surface area (Å²) in [6, 6.07) is 3.15. The highest BCUT2D eigenvalue weighted by Crippen LogP contribution is 2.40. The maximum atomic E-state index is 12.0. The Morgan fingerprint density at radius 3 is 2.65 bits per heavy atom. The van der Waals surface area contributed by atoms with Gasteiger partial charge in [0.2, 0.25) is 0 Å². The molecule has 1 N–H and O–H groups in total. The predicted molar refractivity (Wildman–Crippen MR) is 69.5 cm³/mol. The molecule has 0 aliphatic carbocycles. The van der Waals surface area contributed by atoms with E-state index in [1.54, 1.807) is 6.07 Å². The van der Waals surface area contributed by atoms with Gasteiger partial charge in [0.25, 0.3) is 0 Å². The first-order valence-electron chi connectivity index (χ1n) is 5.41. The zero-order valence-corrected chi connectivity index (χ0v) is 11.7. The van der Waals surface area contributed by atoms with Gasteiger partial charge >= 0.3 is 0 Å². The summed E-state index contributed by atoms with van der Waals surface area (Å²) in [6.45, 7) is 2.73. The zero-order chi connectivity index (χ0) is 12.6. The lowest BCUT2D eigenvalue weighted by molar-refractivity contribution is 0.505. The first-order valence-corrected chi connectivity index (χ1v) is 7.82. The lowest BCUT2D eigenvalue weighted by Crippen LogP contribution is -2.30. The van der Waals surface area contributed by atoms with Crippen LogP contribution in [0.1, 0.15) is 24.9 Å². The number of hydrogen-bond donors (Lipinski definition) is 1. The van der Waals surface area contributed by atoms with Gasteiger partial charge in [0.05, 0.1) is 15.7 Å². The number of benzene rings is 1. The fourth-order valence-electron chi connectivity index (χ4n) is 2.16. The molecular formula is C11H13Cl2NO2S. The molecule has 1 aromatic carbocycles. The maximum absolute atomic E-state index is 12.0. The van der Waals surface area contributed by atoms with E-state index in [9.17, 15) is 8.42 Å². The minimum absolute atomic E-state index is 0.0373. The predicted octanol–water partition coefficient (Wildman–Crippen LogP) is 2.82. The number of fused-ring (bicyclic) bond motifs is 1. The van der Waals surface area contributed by atoms with E-state index in [0.717, 1.165) is 6.54 Å². The molecule has 0 saturated heterocycles. The molecule has 3 nitrogen and oxygen atoms in total. The Hall–Kier alpha value is -0.290. The van der Waals surface area contributed by atoms with Crippen molar-refractivity contribution in [3.05, 3.63) is 27.7 Å². The molecule has 1 aliphatic rings. The van der Waals surface area contributed by atoms with Gasteiger partial charge in [0.1, 0.15) is 0 Å². The van der Waals surface area contributed by atoms with Crippen LogP contribution in [0.5, 0.6) is 0 Å². The van der Waals surface area contributed by atoms with E-state index in [2.05, 4.69) is 5.32 Å². The Kier molecular flexibility index (Phi) is 3.69. The van der Waals surface area contributed by atoms with Gasteiger partial charge in [0, 0.05) is 16.6 Å². The summed E-state index contributed by atoms with van der Waals surface area (Å²) < 4.78 is 24.1. The van der Waals surface area contributed by atoms with E-state index >= 15 is 0 Å². The minimum Gasteiger partial charge on any atom is -0.310 e. The van der Waals surface area contributed by atoms with Crippen molar-refractivity contribution in [2.75, 3.05) is 12.3 Å². The van der Waals surface area contributed by atoms with Crippen LogP contribution in [-0.4, -0.2) is 20.7 Å². The summed E-state index contributed by atoms with van der Waals surface area (Å²) in [6.07, 6.45) is 0.531. The molecule has 1 heterocycles. The van der Waals surface area contributed by atoms with Crippen molar-refractivity contribution in [1.82, 2.24) is 5.32 Å². The third kappa shape index (κ3) is 2.32. The molecule has 0 bridgehead atoms. The molecule has 17 heavy (non-hydrogen) atoms. The van der Waals surface area contributed by atoms with E-state index in [1.165, 1.54) is 6.07 Å². The smallest absolute Gasteiger partial charge is 0.180 e. The monoisotopic (exact) mass is 293 g/mol. The Labute approximate surface area is 111 Å². The van der Waals surface area contributed by atoms with Crippen molar-refractivity contribution in [3.63, 3.8) is 0 Å². The molecule has 1 unspecified atom stereocenters. The van der Waals surface area contributed by atoms with E-state index in [-0.39, 0.29) is 21.7 Å². The molecule has 0 fully saturated rings. The Morgan fingerprint density at radius 1 is 1.35 bits per heavy atom. The summed E-state index contributed by atoms with van der Waals surface area (Å²) >= 11 is 12.1. The molecule has 1 aromatic rings. The second-order valence-electron chi connectivity index (χ2n) is 3.99. The van der Waals surface area contributed by atoms with Crippen molar-refractivity contribution >= 4 is 33.0 Å². The van der Waals surface area contributed by atoms with Crippen molar-refractivity contribution < 1.29 is 8.42 Å². The van der Waals surface area contributed by atoms with Crippen LogP contribution in [0.3, 0.4) is 0 Å². The fraction of sp³-hybridized carbons (Fsp3) is 0.455. The van der Waals surface area contributed by atoms with E-state index in [0.29, 0.717) is 17.0 Å². The number of sulfone groups is 1. The summed E-state index contributed by atoms with van der Waals surface area (Å²) in [5, 5.41) is 3.95. The maximum Gasteiger partial charge on any atom is 0.180 e. The van der Waals surface area contributed by atoms with Crippen LogP contribution in [0.2, 0.25) is 10.0 Å². The first-order chi connectivity index (χ1) is 7.97. The van der Waals surface area contributed by atoms with Crippen molar-refractivity contribution in [2.45, 2.75) is 24.3 Å². The van der Waals surface area contributed by atoms with Crippen molar-refractivity contribution in [1.29, 1.82) is 0 Å². The van der Waals surface area contributed by atoms with Crippen LogP contribution in [0.15, 0.2) is 17.0 Å². The molecule has 1 atom stereocenters. The second-order valence-corrected chi connectivity index (χ2v) is 6.85. The molecule has 0 radical (unpaired) electrons. The Morgan fingerprint density at radius 2 is 2.00 bits per heavy atom. The SMILES string of the molecule is CCNC1CCS(=O)(=O)c2c(Cl)ccc(Cl)c21. The lowest BCUT2D eigenvalue weighted by Gasteiger charge is -2.27. The van der Waals surface area contributed by atoms with Gasteiger partial charge in [-0.25, -0.2) is 8.42 Å². The Bertz CT molecular complexity index is 543. The van der Waals surface area contributed by atoms with Gasteiger partial charge in [-0.3, -0.25) is 0 Å². The molecular weight excluding hydrogens is 281 g/mol. The largest absolute Gasteiger partial charge is 0.310 e. The highest BCUT2D eigenvalue weighted by Gasteiger charge is 2.33. The van der Waals surface area contributed by atoms with Gasteiger partial charge in [-0.15, -0.1) is 0 Å². The number of nitrogens with one attached hydrogen (secondary N) is 1. The van der Waals surface area contributed by atoms with E-state index < -0.39 is 9.84 Å². The molecule has 0 aromatic heterocycles. The van der Waals surface area contributed by atoms with Crippen LogP contribution in [0.25, 0.3) is 0 Å². The second kappa shape index (κ2) is 4.76. The summed E-state index contributed by atoms with van der Waals surface area (Å²) in [5.41, 5.74) is 0.618. The Balaban J connectivity index is 2.68. The summed E-state index contributed by atoms with van der Waals surface area (Å²) in [4.78, 5) is 0.198. The summed E-state index contributed by atoms with van der Waals surface area (Å²) in [5.74, 6) is 0.109. The van der Waals surface area contributed by atoms with Crippen molar-refractivity contribution in [2.24, 2.45) is 0 Å². The molecule has 2 rings (SSSR count). The summed E-state index contributed by atoms with van der Waals surface area (Å²) in [7, 11) is -3.30. The van der Waals surface area contributed by atoms with Gasteiger partial charge in [-0.1, -0.05) is 30.1 Å². The van der Waals surface area contributed by atoms with Crippen LogP contribution in [0.4, 0.5) is 0 Å². The fourth-order valence-corrected chi connectivity index (χ4v) is 4.72. The molecule has 0 saturated carbocycles. The molecule has 1 aliphatic heterocycles. The average Bonchev–Trinajstić information content (AvgIpc) is 2.26. The van der Waals surface area contributed by atoms with Crippen molar-refractivity contribution in [3.8, 4) is 0 Å². The topological polar surface area (TPSA) is 46.2 Å². The quantitative estimate of drug-likeness (QED) is 0.912.